The van der Waals surface area contributed by atoms with E-state index in [0.29, 0.717) is 39.0 Å². The molecule has 10 nitrogen and oxygen atoms in total. The molecule has 0 aliphatic carbocycles. The summed E-state index contributed by atoms with van der Waals surface area (Å²) in [5.41, 5.74) is 2.28. The summed E-state index contributed by atoms with van der Waals surface area (Å²) in [7, 11) is 2.00. The number of esters is 2. The predicted octanol–water partition coefficient (Wildman–Crippen LogP) is 10.6. The zero-order valence-corrected chi connectivity index (χ0v) is 35.6. The van der Waals surface area contributed by atoms with Crippen LogP contribution in [0.1, 0.15) is 179 Å². The van der Waals surface area contributed by atoms with Gasteiger partial charge in [-0.15, -0.1) is 0 Å². The summed E-state index contributed by atoms with van der Waals surface area (Å²) in [5.74, 6) is -0.672. The van der Waals surface area contributed by atoms with Crippen molar-refractivity contribution < 1.29 is 38.1 Å². The van der Waals surface area contributed by atoms with Crippen molar-refractivity contribution in [2.75, 3.05) is 39.9 Å². The Hall–Kier alpha value is -2.69. The van der Waals surface area contributed by atoms with Crippen LogP contribution in [-0.2, 0) is 46.5 Å². The number of alkyl carbamates (subject to hydrolysis) is 1. The van der Waals surface area contributed by atoms with E-state index in [9.17, 15) is 14.4 Å². The molecule has 317 valence electrons. The standard InChI is InChI=1S/C45H79N2O8/c1-7-11-14-17-19-22-31-51-44(52-32-23-20-18-15-12-8-2)28-27-43(49)54-37-40-34-38(5)33-39(35-40)36-53-42(48)26-25-41(24-21-16-13-9-3)55-45(50)46-29-30-47(6)10-4/h33-35,41,44H,5,7-32,36-37H2,1-4,6H3,(H,46,50). The average Bonchev–Trinajstić information content (AvgIpc) is 3.17. The summed E-state index contributed by atoms with van der Waals surface area (Å²) in [6.07, 6.45) is 19.2. The Kier molecular flexibility index (Phi) is 31.6. The molecule has 10 heteroatoms. The van der Waals surface area contributed by atoms with Crippen LogP contribution in [0.15, 0.2) is 18.2 Å². The van der Waals surface area contributed by atoms with Crippen LogP contribution in [0.4, 0.5) is 4.79 Å². The molecule has 1 unspecified atom stereocenters. The molecule has 1 radical (unpaired) electrons. The number of rotatable bonds is 36. The smallest absolute Gasteiger partial charge is 0.407 e. The lowest BCUT2D eigenvalue weighted by Gasteiger charge is -2.19. The van der Waals surface area contributed by atoms with E-state index in [2.05, 4.69) is 44.8 Å². The zero-order chi connectivity index (χ0) is 40.4. The highest BCUT2D eigenvalue weighted by atomic mass is 16.7. The summed E-state index contributed by atoms with van der Waals surface area (Å²) in [6, 6.07) is 5.58. The number of nitrogens with zero attached hydrogens (tertiary/aromatic N) is 1. The van der Waals surface area contributed by atoms with Gasteiger partial charge in [-0.2, -0.15) is 0 Å². The number of likely N-dealkylation sites (N-methyl/N-ethyl adjacent to an activating group) is 1. The second-order valence-electron chi connectivity index (χ2n) is 15.0. The van der Waals surface area contributed by atoms with Crippen LogP contribution in [0.3, 0.4) is 0 Å². The van der Waals surface area contributed by atoms with Crippen LogP contribution in [0.5, 0.6) is 0 Å². The molecular weight excluding hydrogens is 697 g/mol. The maximum absolute atomic E-state index is 12.8. The lowest BCUT2D eigenvalue weighted by atomic mass is 10.1. The van der Waals surface area contributed by atoms with E-state index in [-0.39, 0.29) is 44.1 Å². The Morgan fingerprint density at radius 3 is 1.67 bits per heavy atom. The molecule has 0 fully saturated rings. The van der Waals surface area contributed by atoms with Crippen molar-refractivity contribution in [1.29, 1.82) is 0 Å². The van der Waals surface area contributed by atoms with Crippen molar-refractivity contribution in [2.24, 2.45) is 0 Å². The quantitative estimate of drug-likeness (QED) is 0.0308. The van der Waals surface area contributed by atoms with Gasteiger partial charge in [0.25, 0.3) is 0 Å². The van der Waals surface area contributed by atoms with Gasteiger partial charge in [-0.05, 0) is 75.4 Å². The van der Waals surface area contributed by atoms with Crippen LogP contribution in [0.25, 0.3) is 0 Å². The molecular formula is C45H79N2O8. The first kappa shape index (κ1) is 50.3. The molecule has 0 aliphatic rings. The second-order valence-corrected chi connectivity index (χ2v) is 15.0. The number of carbonyl (C=O) groups excluding carboxylic acids is 3. The largest absolute Gasteiger partial charge is 0.461 e. The molecule has 1 amide bonds. The maximum Gasteiger partial charge on any atom is 0.407 e. The zero-order valence-electron chi connectivity index (χ0n) is 35.6. The third-order valence-corrected chi connectivity index (χ3v) is 9.73. The number of hydrogen-bond donors (Lipinski definition) is 1. The molecule has 0 aromatic heterocycles. The van der Waals surface area contributed by atoms with Gasteiger partial charge in [-0.3, -0.25) is 9.59 Å². The van der Waals surface area contributed by atoms with Gasteiger partial charge in [0.15, 0.2) is 6.29 Å². The minimum absolute atomic E-state index is 0.0736. The number of nitrogens with one attached hydrogen (secondary N) is 1. The summed E-state index contributed by atoms with van der Waals surface area (Å²) >= 11 is 0. The van der Waals surface area contributed by atoms with Gasteiger partial charge in [-0.1, -0.05) is 123 Å². The van der Waals surface area contributed by atoms with E-state index in [4.69, 9.17) is 23.7 Å². The number of hydrogen-bond acceptors (Lipinski definition) is 9. The predicted molar refractivity (Wildman–Crippen MR) is 222 cm³/mol. The highest BCUT2D eigenvalue weighted by Gasteiger charge is 2.18. The summed E-state index contributed by atoms with van der Waals surface area (Å²) < 4.78 is 29.1. The number of ether oxygens (including phenoxy) is 5. The molecule has 1 atom stereocenters. The first-order valence-electron chi connectivity index (χ1n) is 21.8. The first-order chi connectivity index (χ1) is 26.7. The molecule has 0 saturated heterocycles. The van der Waals surface area contributed by atoms with Crippen molar-refractivity contribution >= 4 is 18.0 Å². The van der Waals surface area contributed by atoms with Gasteiger partial charge in [0.05, 0.1) is 6.42 Å². The van der Waals surface area contributed by atoms with E-state index in [1.165, 1.54) is 51.4 Å². The van der Waals surface area contributed by atoms with Gasteiger partial charge in [0.1, 0.15) is 19.3 Å². The van der Waals surface area contributed by atoms with E-state index >= 15 is 0 Å². The molecule has 1 aromatic rings. The molecule has 55 heavy (non-hydrogen) atoms. The van der Waals surface area contributed by atoms with Crippen LogP contribution in [0.2, 0.25) is 0 Å². The minimum atomic E-state index is -0.452. The van der Waals surface area contributed by atoms with Crippen molar-refractivity contribution in [3.63, 3.8) is 0 Å². The summed E-state index contributed by atoms with van der Waals surface area (Å²) in [5, 5.41) is 2.82. The minimum Gasteiger partial charge on any atom is -0.461 e. The number of benzene rings is 1. The highest BCUT2D eigenvalue weighted by Crippen LogP contribution is 2.17. The highest BCUT2D eigenvalue weighted by molar-refractivity contribution is 5.70. The number of unbranched alkanes of at least 4 members (excludes halogenated alkanes) is 13. The Balaban J connectivity index is 2.58. The van der Waals surface area contributed by atoms with Crippen molar-refractivity contribution in [3.8, 4) is 0 Å². The monoisotopic (exact) mass is 776 g/mol. The van der Waals surface area contributed by atoms with Crippen LogP contribution in [-0.4, -0.2) is 75.2 Å². The fourth-order valence-corrected chi connectivity index (χ4v) is 6.16. The third kappa shape index (κ3) is 29.2. The average molecular weight is 776 g/mol. The Morgan fingerprint density at radius 2 is 1.15 bits per heavy atom. The van der Waals surface area contributed by atoms with Crippen molar-refractivity contribution in [2.45, 2.75) is 188 Å². The van der Waals surface area contributed by atoms with E-state index in [1.807, 2.05) is 25.2 Å². The van der Waals surface area contributed by atoms with E-state index in [0.717, 1.165) is 81.1 Å². The molecule has 1 N–H and O–H groups in total. The normalized spacial score (nSPS) is 11.9. The van der Waals surface area contributed by atoms with Crippen molar-refractivity contribution in [3.05, 3.63) is 41.8 Å². The van der Waals surface area contributed by atoms with Gasteiger partial charge in [-0.25, -0.2) is 4.79 Å². The number of carbonyl (C=O) groups is 3. The fourth-order valence-electron chi connectivity index (χ4n) is 6.16. The Labute approximate surface area is 335 Å². The molecule has 1 aromatic carbocycles. The van der Waals surface area contributed by atoms with E-state index < -0.39 is 12.4 Å². The summed E-state index contributed by atoms with van der Waals surface area (Å²) in [4.78, 5) is 40.1. The third-order valence-electron chi connectivity index (χ3n) is 9.73. The van der Waals surface area contributed by atoms with Gasteiger partial charge < -0.3 is 33.9 Å². The molecule has 0 saturated carbocycles. The Bertz CT molecular complexity index is 1100. The molecule has 0 aliphatic heterocycles. The molecule has 0 heterocycles. The van der Waals surface area contributed by atoms with Crippen LogP contribution >= 0.6 is 0 Å². The molecule has 1 rings (SSSR count). The molecule has 0 bridgehead atoms. The number of amides is 1. The van der Waals surface area contributed by atoms with Crippen molar-refractivity contribution in [1.82, 2.24) is 10.2 Å². The lowest BCUT2D eigenvalue weighted by Crippen LogP contribution is -2.35. The van der Waals surface area contributed by atoms with Gasteiger partial charge in [0.2, 0.25) is 0 Å². The lowest BCUT2D eigenvalue weighted by molar-refractivity contribution is -0.160. The fraction of sp³-hybridized carbons (Fsp3) is 0.778. The van der Waals surface area contributed by atoms with Crippen LogP contribution in [0, 0.1) is 6.92 Å². The maximum atomic E-state index is 12.8. The van der Waals surface area contributed by atoms with Gasteiger partial charge >= 0.3 is 18.0 Å². The SMILES string of the molecule is [CH2]c1cc(COC(=O)CCC(CCCCCC)OC(=O)NCCN(C)CC)cc(COC(=O)CCC(OCCCCCCCC)OCCCCCCCC)c1. The van der Waals surface area contributed by atoms with Crippen LogP contribution < -0.4 is 5.32 Å². The molecule has 0 spiro atoms. The second kappa shape index (κ2) is 34.5. The first-order valence-corrected chi connectivity index (χ1v) is 21.8. The van der Waals surface area contributed by atoms with Gasteiger partial charge in [0, 0.05) is 39.1 Å². The van der Waals surface area contributed by atoms with E-state index in [1.54, 1.807) is 0 Å². The Morgan fingerprint density at radius 1 is 0.655 bits per heavy atom. The topological polar surface area (TPSA) is 113 Å². The summed E-state index contributed by atoms with van der Waals surface area (Å²) in [6.45, 7) is 16.3.